The number of carbonyl (C=O) groups excluding carboxylic acids is 2. The third kappa shape index (κ3) is 3.53. The van der Waals surface area contributed by atoms with Crippen LogP contribution in [0.2, 0.25) is 0 Å². The Hall–Kier alpha value is -1.73. The number of amides is 2. The summed E-state index contributed by atoms with van der Waals surface area (Å²) in [5, 5.41) is 12.4. The lowest BCUT2D eigenvalue weighted by atomic mass is 10.1. The fourth-order valence-corrected chi connectivity index (χ4v) is 3.93. The smallest absolute Gasteiger partial charge is 0.243 e. The molecule has 0 bridgehead atoms. The predicted molar refractivity (Wildman–Crippen MR) is 84.5 cm³/mol. The SMILES string of the molecule is COCCNC(=O)[C@@H]1CS[C@@H](c2ccccc2O)N1C(C)=O. The molecule has 0 aromatic heterocycles. The summed E-state index contributed by atoms with van der Waals surface area (Å²) < 4.78 is 4.90. The summed E-state index contributed by atoms with van der Waals surface area (Å²) in [7, 11) is 1.56. The van der Waals surface area contributed by atoms with Gasteiger partial charge in [-0.15, -0.1) is 11.8 Å². The van der Waals surface area contributed by atoms with Crippen LogP contribution < -0.4 is 5.32 Å². The van der Waals surface area contributed by atoms with E-state index in [-0.39, 0.29) is 22.9 Å². The molecule has 2 N–H and O–H groups in total. The van der Waals surface area contributed by atoms with Crippen LogP contribution in [0.15, 0.2) is 24.3 Å². The monoisotopic (exact) mass is 324 g/mol. The predicted octanol–water partition coefficient (Wildman–Crippen LogP) is 1.12. The van der Waals surface area contributed by atoms with Crippen molar-refractivity contribution in [3.05, 3.63) is 29.8 Å². The Balaban J connectivity index is 2.16. The molecular weight excluding hydrogens is 304 g/mol. The molecule has 1 aliphatic heterocycles. The molecule has 1 saturated heterocycles. The Morgan fingerprint density at radius 1 is 1.45 bits per heavy atom. The van der Waals surface area contributed by atoms with Gasteiger partial charge in [0.05, 0.1) is 6.61 Å². The van der Waals surface area contributed by atoms with Gasteiger partial charge < -0.3 is 20.1 Å². The normalized spacial score (nSPS) is 20.9. The van der Waals surface area contributed by atoms with Gasteiger partial charge in [0.25, 0.3) is 0 Å². The number of phenols is 1. The van der Waals surface area contributed by atoms with Crippen molar-refractivity contribution in [1.29, 1.82) is 0 Å². The summed E-state index contributed by atoms with van der Waals surface area (Å²) >= 11 is 1.47. The third-order valence-corrected chi connectivity index (χ3v) is 4.78. The lowest BCUT2D eigenvalue weighted by molar-refractivity contribution is -0.138. The first-order chi connectivity index (χ1) is 10.6. The van der Waals surface area contributed by atoms with Crippen molar-refractivity contribution >= 4 is 23.6 Å². The van der Waals surface area contributed by atoms with E-state index in [9.17, 15) is 14.7 Å². The third-order valence-electron chi connectivity index (χ3n) is 3.47. The minimum absolute atomic E-state index is 0.131. The molecule has 120 valence electrons. The number of thioether (sulfide) groups is 1. The number of methoxy groups -OCH3 is 1. The molecule has 1 heterocycles. The van der Waals surface area contributed by atoms with Crippen LogP contribution in [0.4, 0.5) is 0 Å². The van der Waals surface area contributed by atoms with Crippen LogP contribution in [0.25, 0.3) is 0 Å². The summed E-state index contributed by atoms with van der Waals surface area (Å²) in [6.45, 7) is 2.27. The van der Waals surface area contributed by atoms with Crippen molar-refractivity contribution < 1.29 is 19.4 Å². The molecule has 1 aromatic carbocycles. The second kappa shape index (κ2) is 7.51. The van der Waals surface area contributed by atoms with E-state index >= 15 is 0 Å². The maximum absolute atomic E-state index is 12.3. The van der Waals surface area contributed by atoms with Gasteiger partial charge in [-0.25, -0.2) is 0 Å². The molecule has 6 nitrogen and oxygen atoms in total. The molecular formula is C15H20N2O4S. The fourth-order valence-electron chi connectivity index (χ4n) is 2.42. The van der Waals surface area contributed by atoms with Crippen LogP contribution >= 0.6 is 11.8 Å². The summed E-state index contributed by atoms with van der Waals surface area (Å²) in [5.41, 5.74) is 0.648. The lowest BCUT2D eigenvalue weighted by Gasteiger charge is -2.28. The van der Waals surface area contributed by atoms with Crippen LogP contribution in [0.3, 0.4) is 0 Å². The van der Waals surface area contributed by atoms with Gasteiger partial charge in [-0.2, -0.15) is 0 Å². The minimum atomic E-state index is -0.538. The summed E-state index contributed by atoms with van der Waals surface area (Å²) in [6.07, 6.45) is 0. The topological polar surface area (TPSA) is 78.9 Å². The van der Waals surface area contributed by atoms with E-state index in [0.29, 0.717) is 24.5 Å². The molecule has 2 amide bonds. The molecule has 2 rings (SSSR count). The number of nitrogens with zero attached hydrogens (tertiary/aromatic N) is 1. The van der Waals surface area contributed by atoms with Crippen molar-refractivity contribution in [1.82, 2.24) is 10.2 Å². The van der Waals surface area contributed by atoms with E-state index in [4.69, 9.17) is 4.74 Å². The van der Waals surface area contributed by atoms with Gasteiger partial charge in [0.15, 0.2) is 0 Å². The maximum Gasteiger partial charge on any atom is 0.243 e. The zero-order chi connectivity index (χ0) is 16.1. The highest BCUT2D eigenvalue weighted by molar-refractivity contribution is 7.99. The average Bonchev–Trinajstić information content (AvgIpc) is 2.93. The number of para-hydroxylation sites is 1. The Labute approximate surface area is 133 Å². The quantitative estimate of drug-likeness (QED) is 0.794. The number of phenolic OH excluding ortho intramolecular Hbond substituents is 1. The number of hydrogen-bond donors (Lipinski definition) is 2. The number of rotatable bonds is 5. The number of hydrogen-bond acceptors (Lipinski definition) is 5. The van der Waals surface area contributed by atoms with Crippen LogP contribution in [0.5, 0.6) is 5.75 Å². The second-order valence-electron chi connectivity index (χ2n) is 4.97. The van der Waals surface area contributed by atoms with Crippen molar-refractivity contribution in [3.63, 3.8) is 0 Å². The van der Waals surface area contributed by atoms with Gasteiger partial charge in [-0.1, -0.05) is 18.2 Å². The van der Waals surface area contributed by atoms with E-state index < -0.39 is 6.04 Å². The van der Waals surface area contributed by atoms with Crippen molar-refractivity contribution in [2.75, 3.05) is 26.0 Å². The first-order valence-electron chi connectivity index (χ1n) is 7.01. The molecule has 0 radical (unpaired) electrons. The van der Waals surface area contributed by atoms with Crippen molar-refractivity contribution in [2.24, 2.45) is 0 Å². The second-order valence-corrected chi connectivity index (χ2v) is 6.08. The maximum atomic E-state index is 12.3. The fraction of sp³-hybridized carbons (Fsp3) is 0.467. The Morgan fingerprint density at radius 2 is 2.18 bits per heavy atom. The lowest BCUT2D eigenvalue weighted by Crippen LogP contribution is -2.47. The van der Waals surface area contributed by atoms with Gasteiger partial charge in [0, 0.05) is 31.9 Å². The van der Waals surface area contributed by atoms with E-state index in [0.717, 1.165) is 0 Å². The van der Waals surface area contributed by atoms with Crippen molar-refractivity contribution in [2.45, 2.75) is 18.3 Å². The molecule has 22 heavy (non-hydrogen) atoms. The van der Waals surface area contributed by atoms with Gasteiger partial charge >= 0.3 is 0 Å². The van der Waals surface area contributed by atoms with E-state index in [2.05, 4.69) is 5.32 Å². The molecule has 2 atom stereocenters. The molecule has 7 heteroatoms. The number of carbonyl (C=O) groups is 2. The first-order valence-corrected chi connectivity index (χ1v) is 8.06. The van der Waals surface area contributed by atoms with Crippen LogP contribution in [-0.2, 0) is 14.3 Å². The Bertz CT molecular complexity index is 552. The summed E-state index contributed by atoms with van der Waals surface area (Å²) in [5.74, 6) is 0.242. The Kier molecular flexibility index (Phi) is 5.68. The molecule has 1 aromatic rings. The molecule has 0 aliphatic carbocycles. The Morgan fingerprint density at radius 3 is 2.82 bits per heavy atom. The number of nitrogens with one attached hydrogen (secondary N) is 1. The molecule has 1 aliphatic rings. The highest BCUT2D eigenvalue weighted by Gasteiger charge is 2.41. The largest absolute Gasteiger partial charge is 0.508 e. The van der Waals surface area contributed by atoms with E-state index in [1.54, 1.807) is 31.4 Å². The van der Waals surface area contributed by atoms with E-state index in [1.807, 2.05) is 0 Å². The molecule has 0 unspecified atom stereocenters. The minimum Gasteiger partial charge on any atom is -0.508 e. The summed E-state index contributed by atoms with van der Waals surface area (Å²) in [4.78, 5) is 25.8. The van der Waals surface area contributed by atoms with Crippen molar-refractivity contribution in [3.8, 4) is 5.75 Å². The standard InChI is InChI=1S/C15H20N2O4S/c1-10(18)17-12(14(20)16-7-8-21-2)9-22-15(17)11-5-3-4-6-13(11)19/h3-6,12,15,19H,7-9H2,1-2H3,(H,16,20)/t12-,15-/m0/s1. The number of ether oxygens (including phenoxy) is 1. The van der Waals surface area contributed by atoms with Gasteiger partial charge in [-0.3, -0.25) is 9.59 Å². The van der Waals surface area contributed by atoms with Gasteiger partial charge in [0.1, 0.15) is 17.2 Å². The number of benzene rings is 1. The van der Waals surface area contributed by atoms with Crippen LogP contribution in [-0.4, -0.2) is 53.9 Å². The van der Waals surface area contributed by atoms with Gasteiger partial charge in [-0.05, 0) is 6.07 Å². The number of aromatic hydroxyl groups is 1. The average molecular weight is 324 g/mol. The van der Waals surface area contributed by atoms with E-state index in [1.165, 1.54) is 23.6 Å². The zero-order valence-electron chi connectivity index (χ0n) is 12.6. The highest BCUT2D eigenvalue weighted by atomic mass is 32.2. The highest BCUT2D eigenvalue weighted by Crippen LogP contribution is 2.44. The summed E-state index contributed by atoms with van der Waals surface area (Å²) in [6, 6.07) is 6.35. The molecule has 0 saturated carbocycles. The van der Waals surface area contributed by atoms with Gasteiger partial charge in [0.2, 0.25) is 11.8 Å². The zero-order valence-corrected chi connectivity index (χ0v) is 13.4. The first kappa shape index (κ1) is 16.6. The molecule has 0 spiro atoms. The van der Waals surface area contributed by atoms with Crippen LogP contribution in [0, 0.1) is 0 Å². The molecule has 1 fully saturated rings. The van der Waals surface area contributed by atoms with Crippen LogP contribution in [0.1, 0.15) is 17.9 Å².